The molecule has 1 atom stereocenters. The Morgan fingerprint density at radius 2 is 1.77 bits per heavy atom. The number of morpholine rings is 1. The fourth-order valence-electron chi connectivity index (χ4n) is 3.64. The van der Waals surface area contributed by atoms with E-state index in [1.54, 1.807) is 36.5 Å². The highest BCUT2D eigenvalue weighted by molar-refractivity contribution is 5.96. The molecule has 1 aliphatic rings. The lowest BCUT2D eigenvalue weighted by molar-refractivity contribution is -0.118. The van der Waals surface area contributed by atoms with Crippen LogP contribution in [0.5, 0.6) is 0 Å². The van der Waals surface area contributed by atoms with Crippen molar-refractivity contribution in [1.82, 2.24) is 20.3 Å². The van der Waals surface area contributed by atoms with Crippen molar-refractivity contribution in [3.63, 3.8) is 0 Å². The van der Waals surface area contributed by atoms with Crippen molar-refractivity contribution >= 4 is 29.3 Å². The number of hydrazine groups is 1. The van der Waals surface area contributed by atoms with Gasteiger partial charge in [-0.2, -0.15) is 0 Å². The third-order valence-electron chi connectivity index (χ3n) is 5.35. The van der Waals surface area contributed by atoms with Crippen molar-refractivity contribution in [3.05, 3.63) is 66.9 Å². The molecule has 1 aromatic heterocycles. The van der Waals surface area contributed by atoms with Crippen LogP contribution in [0.25, 0.3) is 11.3 Å². The fourth-order valence-corrected chi connectivity index (χ4v) is 3.64. The van der Waals surface area contributed by atoms with E-state index in [0.717, 1.165) is 11.3 Å². The average molecular weight is 479 g/mol. The molecule has 0 spiro atoms. The number of benzene rings is 2. The van der Waals surface area contributed by atoms with E-state index in [9.17, 15) is 14.7 Å². The van der Waals surface area contributed by atoms with Crippen molar-refractivity contribution in [3.8, 4) is 11.3 Å². The number of hydrogen-bond donors (Lipinski definition) is 4. The Hall–Kier alpha value is -4.06. The van der Waals surface area contributed by atoms with Gasteiger partial charge in [0.1, 0.15) is 6.04 Å². The minimum absolute atomic E-state index is 0.456. The van der Waals surface area contributed by atoms with Crippen LogP contribution in [-0.2, 0) is 9.53 Å². The van der Waals surface area contributed by atoms with Gasteiger partial charge in [-0.1, -0.05) is 30.3 Å². The Balaban J connectivity index is 1.55. The van der Waals surface area contributed by atoms with E-state index < -0.39 is 24.6 Å². The van der Waals surface area contributed by atoms with Gasteiger partial charge in [-0.25, -0.2) is 24.8 Å². The highest BCUT2D eigenvalue weighted by Crippen LogP contribution is 2.27. The summed E-state index contributed by atoms with van der Waals surface area (Å²) in [5, 5.41) is 26.7. The van der Waals surface area contributed by atoms with Gasteiger partial charge >= 0.3 is 6.09 Å². The Labute approximate surface area is 202 Å². The topological polar surface area (TPSA) is 140 Å². The Morgan fingerprint density at radius 1 is 1.06 bits per heavy atom. The van der Waals surface area contributed by atoms with Crippen LogP contribution >= 0.6 is 0 Å². The number of aliphatic hydroxyl groups is 1. The molecule has 182 valence electrons. The number of para-hydroxylation sites is 1. The van der Waals surface area contributed by atoms with E-state index in [1.165, 1.54) is 0 Å². The molecule has 2 heterocycles. The van der Waals surface area contributed by atoms with Gasteiger partial charge in [-0.3, -0.25) is 4.79 Å². The molecule has 2 amide bonds. The van der Waals surface area contributed by atoms with E-state index in [4.69, 9.17) is 14.8 Å². The van der Waals surface area contributed by atoms with Gasteiger partial charge < -0.3 is 25.6 Å². The number of nitrogens with zero attached hydrogens (tertiary/aromatic N) is 4. The second-order valence-corrected chi connectivity index (χ2v) is 7.71. The van der Waals surface area contributed by atoms with Crippen LogP contribution in [0.3, 0.4) is 0 Å². The molecular formula is C24H26N6O5. The summed E-state index contributed by atoms with van der Waals surface area (Å²) in [6, 6.07) is 17.4. The monoisotopic (exact) mass is 478 g/mol. The lowest BCUT2D eigenvalue weighted by atomic mass is 10.1. The molecule has 2 aromatic carbocycles. The zero-order valence-corrected chi connectivity index (χ0v) is 18.9. The van der Waals surface area contributed by atoms with E-state index in [1.807, 2.05) is 40.7 Å². The van der Waals surface area contributed by atoms with Gasteiger partial charge in [0, 0.05) is 30.5 Å². The maximum atomic E-state index is 12.2. The summed E-state index contributed by atoms with van der Waals surface area (Å²) in [6.07, 6.45) is 0.309. The Morgan fingerprint density at radius 3 is 2.43 bits per heavy atom. The summed E-state index contributed by atoms with van der Waals surface area (Å²) in [5.41, 5.74) is 2.91. The third-order valence-corrected chi connectivity index (χ3v) is 5.35. The number of anilines is 3. The third kappa shape index (κ3) is 6.09. The highest BCUT2D eigenvalue weighted by atomic mass is 16.5. The van der Waals surface area contributed by atoms with Crippen molar-refractivity contribution in [2.45, 2.75) is 6.04 Å². The van der Waals surface area contributed by atoms with Crippen LogP contribution in [-0.4, -0.2) is 76.1 Å². The normalized spacial score (nSPS) is 14.7. The summed E-state index contributed by atoms with van der Waals surface area (Å²) in [4.78, 5) is 32.3. The van der Waals surface area contributed by atoms with E-state index in [0.29, 0.717) is 43.6 Å². The number of nitrogens with one attached hydrogen (secondary N) is 2. The zero-order valence-electron chi connectivity index (χ0n) is 18.9. The molecule has 1 saturated heterocycles. The molecule has 35 heavy (non-hydrogen) atoms. The second kappa shape index (κ2) is 11.4. The van der Waals surface area contributed by atoms with Gasteiger partial charge in [-0.15, -0.1) is 0 Å². The number of ether oxygens (including phenoxy) is 1. The number of carboxylic acid groups (broad SMARTS) is 1. The van der Waals surface area contributed by atoms with Crippen molar-refractivity contribution in [2.24, 2.45) is 0 Å². The molecule has 0 bridgehead atoms. The first-order chi connectivity index (χ1) is 17.0. The number of aromatic nitrogens is 2. The van der Waals surface area contributed by atoms with Crippen LogP contribution in [0, 0.1) is 0 Å². The summed E-state index contributed by atoms with van der Waals surface area (Å²) in [6.45, 7) is 2.01. The maximum Gasteiger partial charge on any atom is 0.405 e. The SMILES string of the molecule is O=C(O)NC(CO)C(=O)Nc1ccc(-c2ccnc(N(c3ccccc3)N3CCOCC3)n2)cc1. The van der Waals surface area contributed by atoms with Gasteiger partial charge in [0.2, 0.25) is 11.9 Å². The molecule has 11 nitrogen and oxygen atoms in total. The van der Waals surface area contributed by atoms with Crippen molar-refractivity contribution in [2.75, 3.05) is 43.2 Å². The van der Waals surface area contributed by atoms with Gasteiger partial charge in [0.25, 0.3) is 0 Å². The van der Waals surface area contributed by atoms with Gasteiger partial charge in [0.15, 0.2) is 0 Å². The number of amides is 2. The lowest BCUT2D eigenvalue weighted by Crippen LogP contribution is -2.47. The Kier molecular flexibility index (Phi) is 7.83. The van der Waals surface area contributed by atoms with E-state index in [-0.39, 0.29) is 0 Å². The molecular weight excluding hydrogens is 452 g/mol. The first-order valence-corrected chi connectivity index (χ1v) is 11.1. The van der Waals surface area contributed by atoms with E-state index >= 15 is 0 Å². The molecule has 1 fully saturated rings. The Bertz CT molecular complexity index is 1140. The van der Waals surface area contributed by atoms with Crippen molar-refractivity contribution in [1.29, 1.82) is 0 Å². The first kappa shape index (κ1) is 24.1. The molecule has 3 aromatic rings. The molecule has 11 heteroatoms. The van der Waals surface area contributed by atoms with Crippen LogP contribution in [0.4, 0.5) is 22.1 Å². The minimum Gasteiger partial charge on any atom is -0.465 e. The van der Waals surface area contributed by atoms with Gasteiger partial charge in [0.05, 0.1) is 31.2 Å². The number of rotatable bonds is 8. The number of carbonyl (C=O) groups excluding carboxylic acids is 1. The maximum absolute atomic E-state index is 12.2. The molecule has 0 radical (unpaired) electrons. The predicted octanol–water partition coefficient (Wildman–Crippen LogP) is 2.10. The summed E-state index contributed by atoms with van der Waals surface area (Å²) in [7, 11) is 0. The minimum atomic E-state index is -1.39. The van der Waals surface area contributed by atoms with Crippen LogP contribution < -0.4 is 15.6 Å². The van der Waals surface area contributed by atoms with Crippen LogP contribution in [0.2, 0.25) is 0 Å². The lowest BCUT2D eigenvalue weighted by Gasteiger charge is -2.37. The molecule has 4 N–H and O–H groups in total. The number of carbonyl (C=O) groups is 2. The fraction of sp³-hybridized carbons (Fsp3) is 0.250. The number of aliphatic hydroxyl groups excluding tert-OH is 1. The standard InChI is InChI=1S/C24H26N6O5/c31-16-21(28-24(33)34)22(32)26-18-8-6-17(7-9-18)20-10-11-25-23(27-20)30(19-4-2-1-3-5-19)29-12-14-35-15-13-29/h1-11,21,28,31H,12-16H2,(H,26,32)(H,33,34). The summed E-state index contributed by atoms with van der Waals surface area (Å²) < 4.78 is 5.51. The second-order valence-electron chi connectivity index (χ2n) is 7.71. The summed E-state index contributed by atoms with van der Waals surface area (Å²) in [5.74, 6) is -0.130. The van der Waals surface area contributed by atoms with Gasteiger partial charge in [-0.05, 0) is 30.3 Å². The first-order valence-electron chi connectivity index (χ1n) is 11.1. The highest BCUT2D eigenvalue weighted by Gasteiger charge is 2.23. The van der Waals surface area contributed by atoms with Crippen molar-refractivity contribution < 1.29 is 24.5 Å². The molecule has 0 aliphatic carbocycles. The molecule has 1 aliphatic heterocycles. The predicted molar refractivity (Wildman–Crippen MR) is 129 cm³/mol. The number of hydrogen-bond acceptors (Lipinski definition) is 8. The molecule has 4 rings (SSSR count). The van der Waals surface area contributed by atoms with Crippen LogP contribution in [0.1, 0.15) is 0 Å². The molecule has 0 saturated carbocycles. The zero-order chi connectivity index (χ0) is 24.6. The van der Waals surface area contributed by atoms with Crippen LogP contribution in [0.15, 0.2) is 66.9 Å². The summed E-state index contributed by atoms with van der Waals surface area (Å²) >= 11 is 0. The quantitative estimate of drug-likeness (QED) is 0.383. The van der Waals surface area contributed by atoms with E-state index in [2.05, 4.69) is 15.3 Å². The average Bonchev–Trinajstić information content (AvgIpc) is 2.89. The smallest absolute Gasteiger partial charge is 0.405 e. The largest absolute Gasteiger partial charge is 0.465 e. The molecule has 1 unspecified atom stereocenters.